The molecule has 6 rings (SSSR count). The lowest BCUT2D eigenvalue weighted by atomic mass is 9.54. The lowest BCUT2D eigenvalue weighted by molar-refractivity contribution is 0.0375. The van der Waals surface area contributed by atoms with Gasteiger partial charge >= 0.3 is 6.92 Å². The van der Waals surface area contributed by atoms with Crippen molar-refractivity contribution in [3.63, 3.8) is 0 Å². The molecule has 0 aliphatic carbocycles. The second kappa shape index (κ2) is 10.8. The third-order valence-electron chi connectivity index (χ3n) is 9.21. The molecule has 5 aromatic rings. The van der Waals surface area contributed by atoms with Gasteiger partial charge in [0.15, 0.2) is 0 Å². The fourth-order valence-electron chi connectivity index (χ4n) is 6.00. The largest absolute Gasteiger partial charge is 0.456 e. The topological polar surface area (TPSA) is 72.5 Å². The molecule has 1 aliphatic rings. The van der Waals surface area contributed by atoms with Crippen molar-refractivity contribution in [2.45, 2.75) is 64.9 Å². The van der Waals surface area contributed by atoms with Crippen LogP contribution in [0.3, 0.4) is 0 Å². The summed E-state index contributed by atoms with van der Waals surface area (Å²) in [5.41, 5.74) is 12.9. The summed E-state index contributed by atoms with van der Waals surface area (Å²) in [7, 11) is 0. The van der Waals surface area contributed by atoms with Crippen LogP contribution in [0.1, 0.15) is 69.7 Å². The van der Waals surface area contributed by atoms with Gasteiger partial charge < -0.3 is 14.8 Å². The van der Waals surface area contributed by atoms with Crippen molar-refractivity contribution in [1.82, 2.24) is 10.6 Å². The summed E-state index contributed by atoms with van der Waals surface area (Å²) in [6.07, 6.45) is 0.286. The van der Waals surface area contributed by atoms with Crippen molar-refractivity contribution in [2.24, 2.45) is 11.1 Å². The van der Waals surface area contributed by atoms with Gasteiger partial charge in [-0.1, -0.05) is 105 Å². The molecule has 3 atom stereocenters. The van der Waals surface area contributed by atoms with Crippen LogP contribution < -0.4 is 21.8 Å². The first-order valence-corrected chi connectivity index (χ1v) is 14.6. The predicted molar refractivity (Wildman–Crippen MR) is 170 cm³/mol. The first-order chi connectivity index (χ1) is 19.6. The van der Waals surface area contributed by atoms with E-state index in [9.17, 15) is 0 Å². The van der Waals surface area contributed by atoms with Crippen LogP contribution in [-0.2, 0) is 4.65 Å². The Balaban J connectivity index is 1.34. The Labute approximate surface area is 243 Å². The molecule has 1 fully saturated rings. The molecule has 3 unspecified atom stereocenters. The van der Waals surface area contributed by atoms with Gasteiger partial charge in [-0.15, -0.1) is 0 Å². The predicted octanol–water partition coefficient (Wildman–Crippen LogP) is 7.22. The number of fused-ring (bicyclic) bond motifs is 3. The van der Waals surface area contributed by atoms with Gasteiger partial charge in [0, 0.05) is 22.4 Å². The summed E-state index contributed by atoms with van der Waals surface area (Å²) in [6, 6.07) is 33.6. The molecule has 0 bridgehead atoms. The maximum absolute atomic E-state index is 6.93. The number of benzene rings is 4. The van der Waals surface area contributed by atoms with Crippen molar-refractivity contribution < 1.29 is 9.07 Å². The van der Waals surface area contributed by atoms with Crippen LogP contribution in [0.25, 0.3) is 21.9 Å². The van der Waals surface area contributed by atoms with E-state index < -0.39 is 6.17 Å². The highest BCUT2D eigenvalue weighted by Crippen LogP contribution is 2.45. The van der Waals surface area contributed by atoms with Gasteiger partial charge in [0.2, 0.25) is 0 Å². The van der Waals surface area contributed by atoms with Crippen LogP contribution in [-0.4, -0.2) is 12.5 Å². The van der Waals surface area contributed by atoms with E-state index >= 15 is 0 Å². The van der Waals surface area contributed by atoms with E-state index in [2.05, 4.69) is 112 Å². The lowest BCUT2D eigenvalue weighted by Crippen LogP contribution is -2.42. The Morgan fingerprint density at radius 1 is 0.780 bits per heavy atom. The minimum Gasteiger partial charge on any atom is -0.456 e. The van der Waals surface area contributed by atoms with Crippen molar-refractivity contribution in [1.29, 1.82) is 0 Å². The molecular formula is C35H40BN3O2. The molecule has 0 radical (unpaired) electrons. The third-order valence-corrected chi connectivity index (χ3v) is 9.21. The van der Waals surface area contributed by atoms with E-state index in [1.807, 2.05) is 30.3 Å². The Morgan fingerprint density at radius 3 is 2.22 bits per heavy atom. The average Bonchev–Trinajstić information content (AvgIpc) is 3.45. The van der Waals surface area contributed by atoms with Gasteiger partial charge in [-0.3, -0.25) is 10.6 Å². The van der Waals surface area contributed by atoms with Gasteiger partial charge in [0.05, 0.1) is 17.9 Å². The van der Waals surface area contributed by atoms with E-state index in [1.165, 1.54) is 11.0 Å². The molecule has 5 nitrogen and oxygen atoms in total. The molecule has 1 saturated heterocycles. The minimum atomic E-state index is -0.469. The molecule has 1 aliphatic heterocycles. The highest BCUT2D eigenvalue weighted by Gasteiger charge is 2.49. The van der Waals surface area contributed by atoms with E-state index in [4.69, 9.17) is 14.8 Å². The summed E-state index contributed by atoms with van der Waals surface area (Å²) in [6.45, 7) is 11.2. The SMILES string of the molecule is CC(NC(NC(N)c1cccc2c1oc1ccccc12)c1cccc(B2CC(C)(C)C(C)(C)O2)c1)c1ccccc1. The third kappa shape index (κ3) is 5.33. The highest BCUT2D eigenvalue weighted by molar-refractivity contribution is 6.68. The monoisotopic (exact) mass is 545 g/mol. The first kappa shape index (κ1) is 27.7. The van der Waals surface area contributed by atoms with E-state index in [1.54, 1.807) is 0 Å². The molecule has 210 valence electrons. The summed E-state index contributed by atoms with van der Waals surface area (Å²) < 4.78 is 12.9. The molecule has 4 N–H and O–H groups in total. The second-order valence-corrected chi connectivity index (χ2v) is 12.6. The first-order valence-electron chi connectivity index (χ1n) is 14.6. The highest BCUT2D eigenvalue weighted by atomic mass is 16.5. The molecule has 1 aromatic heterocycles. The Bertz CT molecular complexity index is 1650. The number of hydrogen-bond acceptors (Lipinski definition) is 5. The molecule has 6 heteroatoms. The zero-order chi connectivity index (χ0) is 28.8. The maximum Gasteiger partial charge on any atom is 0.327 e. The smallest absolute Gasteiger partial charge is 0.327 e. The van der Waals surface area contributed by atoms with Gasteiger partial charge in [-0.25, -0.2) is 0 Å². The molecular weight excluding hydrogens is 505 g/mol. The number of para-hydroxylation sites is 2. The molecule has 0 saturated carbocycles. The van der Waals surface area contributed by atoms with Gasteiger partial charge in [-0.2, -0.15) is 0 Å². The van der Waals surface area contributed by atoms with Crippen LogP contribution in [0.5, 0.6) is 0 Å². The van der Waals surface area contributed by atoms with Crippen LogP contribution >= 0.6 is 0 Å². The summed E-state index contributed by atoms with van der Waals surface area (Å²) >= 11 is 0. The molecule has 0 spiro atoms. The van der Waals surface area contributed by atoms with Crippen molar-refractivity contribution in [2.75, 3.05) is 0 Å². The van der Waals surface area contributed by atoms with Crippen molar-refractivity contribution in [3.05, 3.63) is 114 Å². The molecule has 2 heterocycles. The van der Waals surface area contributed by atoms with Gasteiger partial charge in [0.25, 0.3) is 0 Å². The maximum atomic E-state index is 6.93. The molecule has 4 aromatic carbocycles. The number of furan rings is 1. The molecule has 41 heavy (non-hydrogen) atoms. The summed E-state index contributed by atoms with van der Waals surface area (Å²) in [4.78, 5) is 0. The number of hydrogen-bond donors (Lipinski definition) is 3. The Kier molecular flexibility index (Phi) is 7.29. The fourth-order valence-corrected chi connectivity index (χ4v) is 6.00. The van der Waals surface area contributed by atoms with Crippen molar-refractivity contribution in [3.8, 4) is 0 Å². The normalized spacial score (nSPS) is 18.5. The van der Waals surface area contributed by atoms with E-state index in [0.29, 0.717) is 0 Å². The summed E-state index contributed by atoms with van der Waals surface area (Å²) in [5, 5.41) is 9.68. The van der Waals surface area contributed by atoms with Crippen LogP contribution in [0.4, 0.5) is 0 Å². The number of nitrogens with one attached hydrogen (secondary N) is 2. The van der Waals surface area contributed by atoms with Gasteiger partial charge in [-0.05, 0) is 55.2 Å². The lowest BCUT2D eigenvalue weighted by Gasteiger charge is -2.34. The van der Waals surface area contributed by atoms with Crippen LogP contribution in [0.15, 0.2) is 101 Å². The van der Waals surface area contributed by atoms with E-state index in [0.717, 1.165) is 39.4 Å². The molecule has 0 amide bonds. The minimum absolute atomic E-state index is 0.0464. The zero-order valence-electron chi connectivity index (χ0n) is 24.6. The number of nitrogens with two attached hydrogens (primary N) is 1. The van der Waals surface area contributed by atoms with Crippen LogP contribution in [0, 0.1) is 5.41 Å². The van der Waals surface area contributed by atoms with E-state index in [-0.39, 0.29) is 30.1 Å². The number of rotatable bonds is 8. The Morgan fingerprint density at radius 2 is 1.46 bits per heavy atom. The zero-order valence-corrected chi connectivity index (χ0v) is 24.6. The second-order valence-electron chi connectivity index (χ2n) is 12.6. The van der Waals surface area contributed by atoms with Crippen LogP contribution in [0.2, 0.25) is 6.32 Å². The van der Waals surface area contributed by atoms with Crippen molar-refractivity contribution >= 4 is 34.3 Å². The fraction of sp³-hybridized carbons (Fsp3) is 0.314. The Hall–Kier alpha value is -3.42. The average molecular weight is 546 g/mol. The van der Waals surface area contributed by atoms with Gasteiger partial charge in [0.1, 0.15) is 11.2 Å². The standard InChI is InChI=1S/C35H40BN3O2/c1-23(24-13-7-6-8-14-24)38-33(25-15-11-16-26(21-25)36-22-34(2,3)35(4,5)41-36)39-32(37)29-19-12-18-28-27-17-9-10-20-30(27)40-31(28)29/h6-21,23,32-33,38-39H,22,37H2,1-5H3. The quantitative estimate of drug-likeness (QED) is 0.142. The summed E-state index contributed by atoms with van der Waals surface area (Å²) in [5.74, 6) is 0.